The van der Waals surface area contributed by atoms with Gasteiger partial charge in [0.15, 0.2) is 0 Å². The van der Waals surface area contributed by atoms with Crippen molar-refractivity contribution in [3.8, 4) is 0 Å². The summed E-state index contributed by atoms with van der Waals surface area (Å²) < 4.78 is 10.7. The molecule has 1 rings (SSSR count). The van der Waals surface area contributed by atoms with Crippen LogP contribution in [0.5, 0.6) is 0 Å². The average molecular weight is 370 g/mol. The molecule has 0 N–H and O–H groups in total. The van der Waals surface area contributed by atoms with Crippen molar-refractivity contribution in [3.63, 3.8) is 0 Å². The van der Waals surface area contributed by atoms with Crippen LogP contribution in [0.2, 0.25) is 0 Å². The minimum absolute atomic E-state index is 0.186. The minimum Gasteiger partial charge on any atom is -0.466 e. The number of nitrogens with zero attached hydrogens (tertiary/aromatic N) is 1. The Labute approximate surface area is 159 Å². The van der Waals surface area contributed by atoms with E-state index in [4.69, 9.17) is 9.47 Å². The van der Waals surface area contributed by atoms with Gasteiger partial charge in [-0.1, -0.05) is 45.4 Å². The zero-order valence-corrected chi connectivity index (χ0v) is 17.5. The number of carbonyl (C=O) groups excluding carboxylic acids is 2. The van der Waals surface area contributed by atoms with Gasteiger partial charge in [0.1, 0.15) is 5.60 Å². The second-order valence-electron chi connectivity index (χ2n) is 8.49. The second kappa shape index (κ2) is 11.5. The Morgan fingerprint density at radius 1 is 1.00 bits per heavy atom. The Morgan fingerprint density at radius 2 is 1.65 bits per heavy atom. The van der Waals surface area contributed by atoms with Crippen LogP contribution < -0.4 is 0 Å². The molecule has 1 saturated heterocycles. The highest BCUT2D eigenvalue weighted by atomic mass is 16.6. The Balaban J connectivity index is 2.59. The number of rotatable bonds is 9. The van der Waals surface area contributed by atoms with E-state index in [2.05, 4.69) is 6.92 Å². The molecule has 2 atom stereocenters. The largest absolute Gasteiger partial charge is 0.466 e. The van der Waals surface area contributed by atoms with Crippen LogP contribution in [0, 0.1) is 11.8 Å². The number of likely N-dealkylation sites (tertiary alicyclic amines) is 1. The molecule has 0 radical (unpaired) electrons. The van der Waals surface area contributed by atoms with Crippen molar-refractivity contribution in [1.82, 2.24) is 4.90 Å². The first-order valence-electron chi connectivity index (χ1n) is 10.4. The van der Waals surface area contributed by atoms with E-state index in [1.54, 1.807) is 4.90 Å². The Bertz CT molecular complexity index is 430. The molecule has 1 unspecified atom stereocenters. The Kier molecular flexibility index (Phi) is 10.0. The molecule has 152 valence electrons. The van der Waals surface area contributed by atoms with Gasteiger partial charge >= 0.3 is 12.1 Å². The quantitative estimate of drug-likeness (QED) is 0.415. The minimum atomic E-state index is -0.525. The molecule has 5 nitrogen and oxygen atoms in total. The van der Waals surface area contributed by atoms with E-state index in [0.717, 1.165) is 19.3 Å². The summed E-state index contributed by atoms with van der Waals surface area (Å²) in [5, 5.41) is 0. The topological polar surface area (TPSA) is 55.8 Å². The molecule has 0 aromatic heterocycles. The summed E-state index contributed by atoms with van der Waals surface area (Å²) >= 11 is 0. The molecule has 1 aliphatic heterocycles. The molecule has 1 fully saturated rings. The lowest BCUT2D eigenvalue weighted by Crippen LogP contribution is -2.48. The van der Waals surface area contributed by atoms with Gasteiger partial charge in [0, 0.05) is 13.1 Å². The molecule has 0 saturated carbocycles. The van der Waals surface area contributed by atoms with E-state index in [1.807, 2.05) is 27.7 Å². The third-order valence-corrected chi connectivity index (χ3v) is 4.77. The predicted octanol–water partition coefficient (Wildman–Crippen LogP) is 5.17. The van der Waals surface area contributed by atoms with E-state index < -0.39 is 5.60 Å². The maximum absolute atomic E-state index is 12.5. The van der Waals surface area contributed by atoms with E-state index in [-0.39, 0.29) is 18.0 Å². The molecule has 1 heterocycles. The number of piperidine rings is 1. The fraction of sp³-hybridized carbons (Fsp3) is 0.905. The third-order valence-electron chi connectivity index (χ3n) is 4.77. The van der Waals surface area contributed by atoms with Crippen LogP contribution in [-0.2, 0) is 14.3 Å². The van der Waals surface area contributed by atoms with Gasteiger partial charge < -0.3 is 14.4 Å². The molecule has 0 bridgehead atoms. The number of hydrogen-bond donors (Lipinski definition) is 0. The fourth-order valence-electron chi connectivity index (χ4n) is 3.53. The van der Waals surface area contributed by atoms with E-state index in [1.165, 1.54) is 32.1 Å². The normalized spacial score (nSPS) is 20.7. The fourth-order valence-corrected chi connectivity index (χ4v) is 3.53. The van der Waals surface area contributed by atoms with Crippen molar-refractivity contribution in [1.29, 1.82) is 0 Å². The van der Waals surface area contributed by atoms with Gasteiger partial charge in [-0.2, -0.15) is 0 Å². The van der Waals surface area contributed by atoms with Crippen molar-refractivity contribution >= 4 is 12.1 Å². The number of unbranched alkanes of at least 4 members (excludes halogenated alkanes) is 5. The number of hydrogen-bond acceptors (Lipinski definition) is 4. The van der Waals surface area contributed by atoms with Gasteiger partial charge in [0.05, 0.1) is 12.5 Å². The van der Waals surface area contributed by atoms with Crippen molar-refractivity contribution in [2.75, 3.05) is 19.7 Å². The van der Waals surface area contributed by atoms with Gasteiger partial charge in [-0.25, -0.2) is 4.79 Å². The maximum Gasteiger partial charge on any atom is 0.410 e. The molecule has 0 aliphatic carbocycles. The Hall–Kier alpha value is -1.26. The third kappa shape index (κ3) is 8.91. The van der Waals surface area contributed by atoms with Crippen molar-refractivity contribution in [3.05, 3.63) is 0 Å². The molecular weight excluding hydrogens is 330 g/mol. The first kappa shape index (κ1) is 22.8. The molecule has 26 heavy (non-hydrogen) atoms. The van der Waals surface area contributed by atoms with E-state index in [0.29, 0.717) is 25.6 Å². The highest BCUT2D eigenvalue weighted by Crippen LogP contribution is 2.28. The van der Waals surface area contributed by atoms with Crippen LogP contribution in [-0.4, -0.2) is 42.3 Å². The smallest absolute Gasteiger partial charge is 0.410 e. The lowest BCUT2D eigenvalue weighted by Gasteiger charge is -2.37. The summed E-state index contributed by atoms with van der Waals surface area (Å²) in [5.74, 6) is -0.0770. The van der Waals surface area contributed by atoms with Crippen molar-refractivity contribution < 1.29 is 19.1 Å². The summed E-state index contributed by atoms with van der Waals surface area (Å²) in [5.41, 5.74) is -0.525. The summed E-state index contributed by atoms with van der Waals surface area (Å²) in [6.07, 6.45) is 9.08. The number of esters is 1. The summed E-state index contributed by atoms with van der Waals surface area (Å²) in [7, 11) is 0. The van der Waals surface area contributed by atoms with Gasteiger partial charge in [-0.3, -0.25) is 4.79 Å². The first-order chi connectivity index (χ1) is 12.3. The SMILES string of the molecule is CCCCCCCC[C@H]1CC(C(=O)OCC)CN(C(=O)OC(C)(C)C)C1. The first-order valence-corrected chi connectivity index (χ1v) is 10.4. The monoisotopic (exact) mass is 369 g/mol. The average Bonchev–Trinajstić information content (AvgIpc) is 2.56. The second-order valence-corrected chi connectivity index (χ2v) is 8.49. The number of carbonyl (C=O) groups is 2. The predicted molar refractivity (Wildman–Crippen MR) is 104 cm³/mol. The summed E-state index contributed by atoms with van der Waals surface area (Å²) in [6.45, 7) is 11.1. The summed E-state index contributed by atoms with van der Waals surface area (Å²) in [6, 6.07) is 0. The highest BCUT2D eigenvalue weighted by molar-refractivity contribution is 5.75. The molecular formula is C21H39NO4. The van der Waals surface area contributed by atoms with Crippen LogP contribution in [0.1, 0.15) is 86.0 Å². The van der Waals surface area contributed by atoms with Crippen molar-refractivity contribution in [2.45, 2.75) is 91.6 Å². The zero-order chi connectivity index (χ0) is 19.6. The molecule has 0 spiro atoms. The van der Waals surface area contributed by atoms with Crippen LogP contribution in [0.15, 0.2) is 0 Å². The lowest BCUT2D eigenvalue weighted by atomic mass is 9.86. The van der Waals surface area contributed by atoms with Gasteiger partial charge in [0.2, 0.25) is 0 Å². The molecule has 0 aromatic carbocycles. The van der Waals surface area contributed by atoms with Crippen LogP contribution in [0.3, 0.4) is 0 Å². The molecule has 0 aromatic rings. The summed E-state index contributed by atoms with van der Waals surface area (Å²) in [4.78, 5) is 26.4. The van der Waals surface area contributed by atoms with E-state index >= 15 is 0 Å². The maximum atomic E-state index is 12.5. The van der Waals surface area contributed by atoms with E-state index in [9.17, 15) is 9.59 Å². The van der Waals surface area contributed by atoms with Crippen LogP contribution >= 0.6 is 0 Å². The highest BCUT2D eigenvalue weighted by Gasteiger charge is 2.36. The lowest BCUT2D eigenvalue weighted by molar-refractivity contribution is -0.150. The zero-order valence-electron chi connectivity index (χ0n) is 17.5. The van der Waals surface area contributed by atoms with Crippen molar-refractivity contribution in [2.24, 2.45) is 11.8 Å². The molecule has 1 aliphatic rings. The van der Waals surface area contributed by atoms with Gasteiger partial charge in [-0.05, 0) is 46.5 Å². The standard InChI is InChI=1S/C21H39NO4/c1-6-8-9-10-11-12-13-17-14-18(19(23)25-7-2)16-22(15-17)20(24)26-21(3,4)5/h17-18H,6-16H2,1-5H3/t17-,18?/m0/s1. The molecule has 5 heteroatoms. The van der Waals surface area contributed by atoms with Gasteiger partial charge in [0.25, 0.3) is 0 Å². The Morgan fingerprint density at radius 3 is 2.27 bits per heavy atom. The number of amides is 1. The van der Waals surface area contributed by atoms with Gasteiger partial charge in [-0.15, -0.1) is 0 Å². The van der Waals surface area contributed by atoms with Crippen LogP contribution in [0.4, 0.5) is 4.79 Å². The number of ether oxygens (including phenoxy) is 2. The van der Waals surface area contributed by atoms with Crippen LogP contribution in [0.25, 0.3) is 0 Å². The molecule has 1 amide bonds.